The topological polar surface area (TPSA) is 61.0 Å². The lowest BCUT2D eigenvalue weighted by molar-refractivity contribution is -0.143. The summed E-state index contributed by atoms with van der Waals surface area (Å²) in [5.74, 6) is 0. The number of alkyl halides is 6. The van der Waals surface area contributed by atoms with Crippen LogP contribution in [0.3, 0.4) is 0 Å². The van der Waals surface area contributed by atoms with Crippen LogP contribution in [0.25, 0.3) is 16.6 Å². The summed E-state index contributed by atoms with van der Waals surface area (Å²) in [6, 6.07) is 4.45. The van der Waals surface area contributed by atoms with Gasteiger partial charge in [-0.15, -0.1) is 0 Å². The Morgan fingerprint density at radius 1 is 1.09 bits per heavy atom. The molecule has 1 aliphatic heterocycles. The molecule has 33 heavy (non-hydrogen) atoms. The zero-order valence-electron chi connectivity index (χ0n) is 17.0. The Hall–Kier alpha value is -3.50. The van der Waals surface area contributed by atoms with Gasteiger partial charge >= 0.3 is 18.4 Å². The zero-order chi connectivity index (χ0) is 23.8. The summed E-state index contributed by atoms with van der Waals surface area (Å²) >= 11 is 0. The number of carbonyl (C=O) groups is 1. The van der Waals surface area contributed by atoms with E-state index < -0.39 is 36.1 Å². The number of pyridine rings is 1. The number of hydrogen-bond acceptors (Lipinski definition) is 2. The summed E-state index contributed by atoms with van der Waals surface area (Å²) in [5, 5.41) is 3.36. The summed E-state index contributed by atoms with van der Waals surface area (Å²) in [6.07, 6.45) is -3.96. The second-order valence-corrected chi connectivity index (χ2v) is 7.60. The summed E-state index contributed by atoms with van der Waals surface area (Å²) in [5.41, 5.74) is -0.383. The first-order valence-corrected chi connectivity index (χ1v) is 9.95. The highest BCUT2D eigenvalue weighted by Crippen LogP contribution is 2.36. The Balaban J connectivity index is 1.44. The van der Waals surface area contributed by atoms with Crippen LogP contribution in [0.2, 0.25) is 0 Å². The number of nitrogens with one attached hydrogen (secondary N) is 2. The van der Waals surface area contributed by atoms with Crippen LogP contribution in [-0.4, -0.2) is 34.0 Å². The second-order valence-electron chi connectivity index (χ2n) is 7.60. The first kappa shape index (κ1) is 22.7. The third-order valence-corrected chi connectivity index (χ3v) is 5.38. The quantitative estimate of drug-likeness (QED) is 0.492. The van der Waals surface area contributed by atoms with Gasteiger partial charge in [0, 0.05) is 43.0 Å². The minimum absolute atomic E-state index is 0.0580. The summed E-state index contributed by atoms with van der Waals surface area (Å²) in [6.45, 7) is 0.137. The fourth-order valence-electron chi connectivity index (χ4n) is 3.73. The molecule has 3 aromatic rings. The summed E-state index contributed by atoms with van der Waals surface area (Å²) in [4.78, 5) is 21.2. The van der Waals surface area contributed by atoms with Gasteiger partial charge in [0.05, 0.1) is 11.1 Å². The van der Waals surface area contributed by atoms with E-state index in [9.17, 15) is 31.1 Å². The molecule has 3 heterocycles. The van der Waals surface area contributed by atoms with E-state index in [1.54, 1.807) is 6.20 Å². The van der Waals surface area contributed by atoms with Crippen LogP contribution >= 0.6 is 0 Å². The van der Waals surface area contributed by atoms with E-state index in [2.05, 4.69) is 15.3 Å². The average Bonchev–Trinajstić information content (AvgIpc) is 3.20. The van der Waals surface area contributed by atoms with E-state index in [1.165, 1.54) is 4.90 Å². The first-order valence-electron chi connectivity index (χ1n) is 9.95. The third kappa shape index (κ3) is 4.96. The van der Waals surface area contributed by atoms with Crippen molar-refractivity contribution in [3.8, 4) is 0 Å². The Morgan fingerprint density at radius 3 is 2.39 bits per heavy atom. The standard InChI is InChI=1S/C22H18F6N4O/c23-21(24,25)15-8-13(9-16(10-15)22(26,27)28)11-31-20(33)32-6-3-14(4-7-32)18-12-30-19-17(18)2-1-5-29-19/h1-3,5,8-10,12H,4,6-7,11H2,(H,29,30)(H,31,33). The Kier molecular flexibility index (Phi) is 5.81. The molecule has 0 fully saturated rings. The Morgan fingerprint density at radius 2 is 1.79 bits per heavy atom. The predicted octanol–water partition coefficient (Wildman–Crippen LogP) is 5.60. The van der Waals surface area contributed by atoms with Gasteiger partial charge in [-0.3, -0.25) is 0 Å². The van der Waals surface area contributed by atoms with E-state index in [0.29, 0.717) is 25.1 Å². The number of fused-ring (bicyclic) bond motifs is 1. The molecule has 2 amide bonds. The molecule has 11 heteroatoms. The maximum absolute atomic E-state index is 13.0. The molecule has 0 radical (unpaired) electrons. The average molecular weight is 468 g/mol. The number of aromatic amines is 1. The number of benzene rings is 1. The highest BCUT2D eigenvalue weighted by Gasteiger charge is 2.37. The number of carbonyl (C=O) groups excluding carboxylic acids is 1. The fourth-order valence-corrected chi connectivity index (χ4v) is 3.73. The van der Waals surface area contributed by atoms with Gasteiger partial charge in [0.25, 0.3) is 0 Å². The lowest BCUT2D eigenvalue weighted by Gasteiger charge is -2.27. The van der Waals surface area contributed by atoms with Crippen molar-refractivity contribution in [3.05, 3.63) is 71.1 Å². The molecule has 0 unspecified atom stereocenters. The van der Waals surface area contributed by atoms with E-state index in [-0.39, 0.29) is 18.2 Å². The highest BCUT2D eigenvalue weighted by atomic mass is 19.4. The smallest absolute Gasteiger partial charge is 0.346 e. The van der Waals surface area contributed by atoms with Crippen LogP contribution < -0.4 is 5.32 Å². The van der Waals surface area contributed by atoms with Crippen molar-refractivity contribution in [2.24, 2.45) is 0 Å². The monoisotopic (exact) mass is 468 g/mol. The van der Waals surface area contributed by atoms with Gasteiger partial charge in [0.15, 0.2) is 0 Å². The van der Waals surface area contributed by atoms with E-state index >= 15 is 0 Å². The van der Waals surface area contributed by atoms with Crippen molar-refractivity contribution in [2.75, 3.05) is 13.1 Å². The van der Waals surface area contributed by atoms with E-state index in [0.717, 1.165) is 22.2 Å². The predicted molar refractivity (Wildman–Crippen MR) is 109 cm³/mol. The van der Waals surface area contributed by atoms with E-state index in [4.69, 9.17) is 0 Å². The third-order valence-electron chi connectivity index (χ3n) is 5.38. The number of urea groups is 1. The molecule has 2 aromatic heterocycles. The molecule has 0 aliphatic carbocycles. The number of hydrogen-bond donors (Lipinski definition) is 2. The maximum Gasteiger partial charge on any atom is 0.416 e. The minimum atomic E-state index is -4.94. The molecule has 1 aliphatic rings. The molecular weight excluding hydrogens is 450 g/mol. The molecule has 0 saturated heterocycles. The maximum atomic E-state index is 13.0. The van der Waals surface area contributed by atoms with Crippen LogP contribution in [-0.2, 0) is 18.9 Å². The largest absolute Gasteiger partial charge is 0.416 e. The normalized spacial score (nSPS) is 15.0. The van der Waals surface area contributed by atoms with Gasteiger partial charge < -0.3 is 15.2 Å². The fraction of sp³-hybridized carbons (Fsp3) is 0.273. The van der Waals surface area contributed by atoms with Gasteiger partial charge in [-0.05, 0) is 47.9 Å². The molecule has 5 nitrogen and oxygen atoms in total. The van der Waals surface area contributed by atoms with Crippen molar-refractivity contribution in [2.45, 2.75) is 25.3 Å². The van der Waals surface area contributed by atoms with Crippen LogP contribution in [0.4, 0.5) is 31.1 Å². The molecule has 4 rings (SSSR count). The Labute approximate surface area is 184 Å². The van der Waals surface area contributed by atoms with Gasteiger partial charge in [-0.2, -0.15) is 26.3 Å². The van der Waals surface area contributed by atoms with Crippen molar-refractivity contribution in [3.63, 3.8) is 0 Å². The number of H-pyrrole nitrogens is 1. The lowest BCUT2D eigenvalue weighted by atomic mass is 10.00. The van der Waals surface area contributed by atoms with Gasteiger partial charge in [-0.1, -0.05) is 6.08 Å². The number of amides is 2. The lowest BCUT2D eigenvalue weighted by Crippen LogP contribution is -2.41. The van der Waals surface area contributed by atoms with Gasteiger partial charge in [0.1, 0.15) is 5.65 Å². The zero-order valence-corrected chi connectivity index (χ0v) is 17.0. The number of halogens is 6. The summed E-state index contributed by atoms with van der Waals surface area (Å²) in [7, 11) is 0. The van der Waals surface area contributed by atoms with Crippen LogP contribution in [0, 0.1) is 0 Å². The van der Waals surface area contributed by atoms with Crippen LogP contribution in [0.1, 0.15) is 28.7 Å². The molecule has 0 spiro atoms. The molecule has 0 saturated carbocycles. The van der Waals surface area contributed by atoms with Crippen LogP contribution in [0.15, 0.2) is 48.8 Å². The molecular formula is C22H18F6N4O. The minimum Gasteiger partial charge on any atom is -0.346 e. The van der Waals surface area contributed by atoms with Gasteiger partial charge in [0.2, 0.25) is 0 Å². The summed E-state index contributed by atoms with van der Waals surface area (Å²) < 4.78 is 78.0. The molecule has 0 bridgehead atoms. The van der Waals surface area contributed by atoms with Crippen molar-refractivity contribution >= 4 is 22.6 Å². The van der Waals surface area contributed by atoms with Crippen molar-refractivity contribution in [1.29, 1.82) is 0 Å². The Bertz CT molecular complexity index is 1180. The highest BCUT2D eigenvalue weighted by molar-refractivity contribution is 5.91. The van der Waals surface area contributed by atoms with Crippen molar-refractivity contribution in [1.82, 2.24) is 20.2 Å². The van der Waals surface area contributed by atoms with Crippen molar-refractivity contribution < 1.29 is 31.1 Å². The molecule has 1 aromatic carbocycles. The second kappa shape index (κ2) is 8.45. The molecule has 2 N–H and O–H groups in total. The van der Waals surface area contributed by atoms with E-state index in [1.807, 2.05) is 24.4 Å². The molecule has 174 valence electrons. The number of aromatic nitrogens is 2. The van der Waals surface area contributed by atoms with Gasteiger partial charge in [-0.25, -0.2) is 9.78 Å². The SMILES string of the molecule is O=C(NCc1cc(C(F)(F)F)cc(C(F)(F)F)c1)N1CC=C(c2c[nH]c3ncccc23)CC1. The number of nitrogens with zero attached hydrogens (tertiary/aromatic N) is 2. The number of rotatable bonds is 3. The molecule has 0 atom stereocenters. The van der Waals surface area contributed by atoms with Crippen LogP contribution in [0.5, 0.6) is 0 Å². The first-order chi connectivity index (χ1) is 15.5.